The lowest BCUT2D eigenvalue weighted by molar-refractivity contribution is -0.132. The summed E-state index contributed by atoms with van der Waals surface area (Å²) in [6.45, 7) is 3.39. The SMILES string of the molecule is CC(=O)Oc1cccc(C(=O)NCC2CCN(C(=O)C=C3CCCC3)CC2)c1. The van der Waals surface area contributed by atoms with Crippen LogP contribution in [0, 0.1) is 5.92 Å². The van der Waals surface area contributed by atoms with Gasteiger partial charge in [0, 0.05) is 38.2 Å². The van der Waals surface area contributed by atoms with E-state index in [0.29, 0.717) is 23.8 Å². The molecular weight excluding hydrogens is 356 g/mol. The maximum Gasteiger partial charge on any atom is 0.308 e. The minimum Gasteiger partial charge on any atom is -0.427 e. The summed E-state index contributed by atoms with van der Waals surface area (Å²) in [5, 5.41) is 2.96. The first-order valence-corrected chi connectivity index (χ1v) is 10.1. The van der Waals surface area contributed by atoms with E-state index in [9.17, 15) is 14.4 Å². The zero-order valence-electron chi connectivity index (χ0n) is 16.4. The zero-order chi connectivity index (χ0) is 19.9. The number of carbonyl (C=O) groups is 3. The first kappa shape index (κ1) is 20.1. The van der Waals surface area contributed by atoms with Crippen LogP contribution < -0.4 is 10.1 Å². The van der Waals surface area contributed by atoms with E-state index in [1.54, 1.807) is 24.3 Å². The van der Waals surface area contributed by atoms with Crippen LogP contribution >= 0.6 is 0 Å². The number of allylic oxidation sites excluding steroid dienone is 1. The molecule has 28 heavy (non-hydrogen) atoms. The van der Waals surface area contributed by atoms with E-state index in [4.69, 9.17) is 4.74 Å². The Morgan fingerprint density at radius 1 is 1.18 bits per heavy atom. The molecule has 0 atom stereocenters. The number of hydrogen-bond donors (Lipinski definition) is 1. The van der Waals surface area contributed by atoms with Crippen molar-refractivity contribution < 1.29 is 19.1 Å². The molecule has 2 amide bonds. The van der Waals surface area contributed by atoms with Crippen LogP contribution in [0.4, 0.5) is 0 Å². The van der Waals surface area contributed by atoms with Gasteiger partial charge in [-0.05, 0) is 62.6 Å². The molecule has 0 unspecified atom stereocenters. The summed E-state index contributed by atoms with van der Waals surface area (Å²) in [7, 11) is 0. The molecule has 150 valence electrons. The number of rotatable bonds is 5. The Morgan fingerprint density at radius 3 is 2.57 bits per heavy atom. The van der Waals surface area contributed by atoms with Gasteiger partial charge in [-0.2, -0.15) is 0 Å². The van der Waals surface area contributed by atoms with Gasteiger partial charge in [0.15, 0.2) is 0 Å². The van der Waals surface area contributed by atoms with Crippen molar-refractivity contribution in [2.45, 2.75) is 45.4 Å². The highest BCUT2D eigenvalue weighted by Gasteiger charge is 2.23. The molecule has 2 fully saturated rings. The Kier molecular flexibility index (Phi) is 6.85. The quantitative estimate of drug-likeness (QED) is 0.481. The van der Waals surface area contributed by atoms with Crippen molar-refractivity contribution in [2.24, 2.45) is 5.92 Å². The summed E-state index contributed by atoms with van der Waals surface area (Å²) >= 11 is 0. The molecule has 1 N–H and O–H groups in total. The second-order valence-electron chi connectivity index (χ2n) is 7.61. The van der Waals surface area contributed by atoms with Crippen LogP contribution in [-0.2, 0) is 9.59 Å². The third-order valence-electron chi connectivity index (χ3n) is 5.41. The Labute approximate surface area is 165 Å². The van der Waals surface area contributed by atoms with E-state index in [1.165, 1.54) is 25.3 Å². The molecule has 1 saturated carbocycles. The fraction of sp³-hybridized carbons (Fsp3) is 0.500. The number of likely N-dealkylation sites (tertiary alicyclic amines) is 1. The number of benzene rings is 1. The molecule has 1 aliphatic carbocycles. The minimum absolute atomic E-state index is 0.140. The summed E-state index contributed by atoms with van der Waals surface area (Å²) < 4.78 is 5.02. The van der Waals surface area contributed by atoms with Crippen molar-refractivity contribution in [3.63, 3.8) is 0 Å². The van der Waals surface area contributed by atoms with Crippen LogP contribution in [0.25, 0.3) is 0 Å². The maximum atomic E-state index is 12.4. The van der Waals surface area contributed by atoms with Crippen LogP contribution in [0.15, 0.2) is 35.9 Å². The number of piperidine rings is 1. The van der Waals surface area contributed by atoms with Crippen molar-refractivity contribution in [3.8, 4) is 5.75 Å². The minimum atomic E-state index is -0.414. The second kappa shape index (κ2) is 9.53. The molecule has 6 heteroatoms. The van der Waals surface area contributed by atoms with Gasteiger partial charge < -0.3 is 15.0 Å². The van der Waals surface area contributed by atoms with Crippen LogP contribution in [0.1, 0.15) is 55.8 Å². The normalized spacial score (nSPS) is 17.3. The van der Waals surface area contributed by atoms with Gasteiger partial charge in [-0.25, -0.2) is 0 Å². The summed E-state index contributed by atoms with van der Waals surface area (Å²) in [6.07, 6.45) is 8.14. The second-order valence-corrected chi connectivity index (χ2v) is 7.61. The van der Waals surface area contributed by atoms with Crippen LogP contribution in [0.2, 0.25) is 0 Å². The third kappa shape index (κ3) is 5.68. The van der Waals surface area contributed by atoms with Crippen molar-refractivity contribution >= 4 is 17.8 Å². The van der Waals surface area contributed by atoms with E-state index in [2.05, 4.69) is 5.32 Å². The highest BCUT2D eigenvalue weighted by atomic mass is 16.5. The largest absolute Gasteiger partial charge is 0.427 e. The van der Waals surface area contributed by atoms with Gasteiger partial charge in [-0.15, -0.1) is 0 Å². The first-order valence-electron chi connectivity index (χ1n) is 10.1. The number of hydrogen-bond acceptors (Lipinski definition) is 4. The number of esters is 1. The van der Waals surface area contributed by atoms with E-state index >= 15 is 0 Å². The van der Waals surface area contributed by atoms with E-state index < -0.39 is 5.97 Å². The molecule has 0 spiro atoms. The molecule has 6 nitrogen and oxygen atoms in total. The van der Waals surface area contributed by atoms with Crippen molar-refractivity contribution in [1.82, 2.24) is 10.2 Å². The molecule has 1 heterocycles. The molecule has 2 aliphatic rings. The number of amides is 2. The summed E-state index contributed by atoms with van der Waals surface area (Å²) in [5.74, 6) is 0.273. The lowest BCUT2D eigenvalue weighted by Gasteiger charge is -2.31. The molecule has 1 aromatic carbocycles. The highest BCUT2D eigenvalue weighted by molar-refractivity contribution is 5.94. The lowest BCUT2D eigenvalue weighted by atomic mass is 9.96. The molecular formula is C22H28N2O4. The van der Waals surface area contributed by atoms with Crippen LogP contribution in [0.3, 0.4) is 0 Å². The molecule has 1 aromatic rings. The summed E-state index contributed by atoms with van der Waals surface area (Å²) in [6, 6.07) is 6.59. The summed E-state index contributed by atoms with van der Waals surface area (Å²) in [4.78, 5) is 37.7. The van der Waals surface area contributed by atoms with Gasteiger partial charge in [-0.1, -0.05) is 11.6 Å². The molecule has 0 aromatic heterocycles. The molecule has 3 rings (SSSR count). The van der Waals surface area contributed by atoms with Crippen LogP contribution in [0.5, 0.6) is 5.75 Å². The Hall–Kier alpha value is -2.63. The monoisotopic (exact) mass is 384 g/mol. The van der Waals surface area contributed by atoms with Gasteiger partial charge in [0.1, 0.15) is 5.75 Å². The standard InChI is InChI=1S/C22H28N2O4/c1-16(25)28-20-8-4-7-19(14-20)22(27)23-15-18-9-11-24(12-10-18)21(26)13-17-5-2-3-6-17/h4,7-8,13-14,18H,2-3,5-6,9-12,15H2,1H3,(H,23,27). The van der Waals surface area contributed by atoms with E-state index in [1.807, 2.05) is 11.0 Å². The van der Waals surface area contributed by atoms with Crippen molar-refractivity contribution in [2.75, 3.05) is 19.6 Å². The molecule has 1 saturated heterocycles. The smallest absolute Gasteiger partial charge is 0.308 e. The first-order chi connectivity index (χ1) is 13.5. The van der Waals surface area contributed by atoms with Crippen molar-refractivity contribution in [1.29, 1.82) is 0 Å². The van der Waals surface area contributed by atoms with E-state index in [-0.39, 0.29) is 11.8 Å². The van der Waals surface area contributed by atoms with Gasteiger partial charge in [-0.3, -0.25) is 14.4 Å². The molecule has 1 aliphatic heterocycles. The Bertz CT molecular complexity index is 756. The molecule has 0 bridgehead atoms. The van der Waals surface area contributed by atoms with Crippen LogP contribution in [-0.4, -0.2) is 42.3 Å². The van der Waals surface area contributed by atoms with Gasteiger partial charge >= 0.3 is 5.97 Å². The number of ether oxygens (including phenoxy) is 1. The third-order valence-corrected chi connectivity index (χ3v) is 5.41. The van der Waals surface area contributed by atoms with Gasteiger partial charge in [0.25, 0.3) is 5.91 Å². The average molecular weight is 384 g/mol. The summed E-state index contributed by atoms with van der Waals surface area (Å²) in [5.41, 5.74) is 1.75. The van der Waals surface area contributed by atoms with Gasteiger partial charge in [0.2, 0.25) is 5.91 Å². The zero-order valence-corrected chi connectivity index (χ0v) is 16.4. The molecule has 0 radical (unpaired) electrons. The predicted molar refractivity (Wildman–Crippen MR) is 106 cm³/mol. The lowest BCUT2D eigenvalue weighted by Crippen LogP contribution is -2.41. The maximum absolute atomic E-state index is 12.4. The topological polar surface area (TPSA) is 75.7 Å². The fourth-order valence-electron chi connectivity index (χ4n) is 3.80. The Morgan fingerprint density at radius 2 is 1.89 bits per heavy atom. The van der Waals surface area contributed by atoms with E-state index in [0.717, 1.165) is 38.8 Å². The fourth-order valence-corrected chi connectivity index (χ4v) is 3.80. The number of nitrogens with one attached hydrogen (secondary N) is 1. The predicted octanol–water partition coefficient (Wildman–Crippen LogP) is 3.08. The average Bonchev–Trinajstić information content (AvgIpc) is 3.19. The number of carbonyl (C=O) groups excluding carboxylic acids is 3. The number of nitrogens with zero attached hydrogens (tertiary/aromatic N) is 1. The highest BCUT2D eigenvalue weighted by Crippen LogP contribution is 2.24. The van der Waals surface area contributed by atoms with Gasteiger partial charge in [0.05, 0.1) is 0 Å². The van der Waals surface area contributed by atoms with Crippen molar-refractivity contribution in [3.05, 3.63) is 41.5 Å². The Balaban J connectivity index is 1.44.